The summed E-state index contributed by atoms with van der Waals surface area (Å²) in [6, 6.07) is 0.679. The van der Waals surface area contributed by atoms with Gasteiger partial charge < -0.3 is 0 Å². The monoisotopic (exact) mass is 413 g/mol. The summed E-state index contributed by atoms with van der Waals surface area (Å²) in [5.41, 5.74) is 0. The van der Waals surface area contributed by atoms with Crippen LogP contribution in [0.15, 0.2) is 6.20 Å². The van der Waals surface area contributed by atoms with Crippen molar-refractivity contribution in [2.45, 2.75) is 97.9 Å². The molecule has 3 nitrogen and oxygen atoms in total. The van der Waals surface area contributed by atoms with E-state index in [1.165, 1.54) is 71.1 Å². The first-order chi connectivity index (χ1) is 10.8. The summed E-state index contributed by atoms with van der Waals surface area (Å²) in [5.74, 6) is 0. The van der Waals surface area contributed by atoms with Crippen LogP contribution in [0.5, 0.6) is 0 Å². The van der Waals surface area contributed by atoms with Gasteiger partial charge in [0.2, 0.25) is 0 Å². The fraction of sp³-hybridized carbons (Fsp3) is 0.889. The number of rotatable bonds is 11. The van der Waals surface area contributed by atoms with E-state index in [1.54, 1.807) is 3.71 Å². The van der Waals surface area contributed by atoms with E-state index in [0.29, 0.717) is 6.04 Å². The minimum atomic E-state index is -2.33. The Bertz CT molecular complexity index is 404. The third kappa shape index (κ3) is 4.27. The molecular formula is C18H35N3Sn. The van der Waals surface area contributed by atoms with E-state index in [1.807, 2.05) is 0 Å². The van der Waals surface area contributed by atoms with Gasteiger partial charge in [-0.25, -0.2) is 0 Å². The predicted molar refractivity (Wildman–Crippen MR) is 97.4 cm³/mol. The van der Waals surface area contributed by atoms with Gasteiger partial charge in [0.25, 0.3) is 0 Å². The van der Waals surface area contributed by atoms with Crippen LogP contribution in [-0.2, 0) is 0 Å². The van der Waals surface area contributed by atoms with Crippen molar-refractivity contribution in [2.75, 3.05) is 0 Å². The topological polar surface area (TPSA) is 30.7 Å². The molecule has 1 aromatic heterocycles. The van der Waals surface area contributed by atoms with Crippen molar-refractivity contribution < 1.29 is 0 Å². The SMILES string of the molecule is CCC[CH2][Sn]([CH2]CCC)([CH2]CCC)[c]1cnnn1C1CCC1. The Morgan fingerprint density at radius 3 is 1.95 bits per heavy atom. The zero-order chi connectivity index (χ0) is 15.8. The van der Waals surface area contributed by atoms with Crippen LogP contribution in [0.4, 0.5) is 0 Å². The van der Waals surface area contributed by atoms with Crippen molar-refractivity contribution in [1.29, 1.82) is 0 Å². The van der Waals surface area contributed by atoms with Crippen LogP contribution < -0.4 is 3.71 Å². The number of hydrogen-bond acceptors (Lipinski definition) is 2. The van der Waals surface area contributed by atoms with E-state index in [0.717, 1.165) is 0 Å². The molecule has 1 heterocycles. The maximum absolute atomic E-state index is 4.55. The Hall–Kier alpha value is -0.0613. The third-order valence-corrected chi connectivity index (χ3v) is 20.9. The van der Waals surface area contributed by atoms with Crippen LogP contribution >= 0.6 is 0 Å². The molecule has 1 saturated carbocycles. The van der Waals surface area contributed by atoms with Crippen LogP contribution in [0.2, 0.25) is 13.3 Å². The molecule has 0 radical (unpaired) electrons. The zero-order valence-electron chi connectivity index (χ0n) is 15.0. The van der Waals surface area contributed by atoms with Crippen LogP contribution in [-0.4, -0.2) is 33.4 Å². The predicted octanol–water partition coefficient (Wildman–Crippen LogP) is 5.06. The summed E-state index contributed by atoms with van der Waals surface area (Å²) < 4.78 is 8.62. The Morgan fingerprint density at radius 2 is 1.55 bits per heavy atom. The van der Waals surface area contributed by atoms with Crippen molar-refractivity contribution in [3.8, 4) is 0 Å². The molecule has 0 saturated heterocycles. The molecule has 1 aliphatic rings. The van der Waals surface area contributed by atoms with Gasteiger partial charge in [-0.3, -0.25) is 0 Å². The average Bonchev–Trinajstić information content (AvgIpc) is 2.95. The van der Waals surface area contributed by atoms with Gasteiger partial charge in [0.1, 0.15) is 0 Å². The summed E-state index contributed by atoms with van der Waals surface area (Å²) in [6.45, 7) is 7.03. The van der Waals surface area contributed by atoms with E-state index in [2.05, 4.69) is 42.0 Å². The first-order valence-electron chi connectivity index (χ1n) is 9.68. The van der Waals surface area contributed by atoms with Crippen molar-refractivity contribution in [3.05, 3.63) is 6.20 Å². The van der Waals surface area contributed by atoms with E-state index < -0.39 is 18.4 Å². The van der Waals surface area contributed by atoms with Crippen LogP contribution in [0.3, 0.4) is 0 Å². The molecule has 0 aliphatic heterocycles. The van der Waals surface area contributed by atoms with Gasteiger partial charge in [-0.2, -0.15) is 0 Å². The molecule has 1 fully saturated rings. The molecule has 4 heteroatoms. The molecule has 126 valence electrons. The molecule has 0 bridgehead atoms. The summed E-state index contributed by atoms with van der Waals surface area (Å²) in [7, 11) is 0. The zero-order valence-corrected chi connectivity index (χ0v) is 17.8. The van der Waals surface area contributed by atoms with Gasteiger partial charge in [-0.05, 0) is 0 Å². The minimum absolute atomic E-state index is 0.679. The van der Waals surface area contributed by atoms with Gasteiger partial charge in [0.15, 0.2) is 0 Å². The molecule has 0 amide bonds. The van der Waals surface area contributed by atoms with Gasteiger partial charge in [-0.15, -0.1) is 0 Å². The molecule has 0 aromatic carbocycles. The Balaban J connectivity index is 2.28. The Labute approximate surface area is 141 Å². The fourth-order valence-electron chi connectivity index (χ4n) is 3.83. The normalized spacial score (nSPS) is 16.0. The van der Waals surface area contributed by atoms with E-state index in [9.17, 15) is 0 Å². The average molecular weight is 412 g/mol. The second-order valence-corrected chi connectivity index (χ2v) is 20.3. The molecule has 0 N–H and O–H groups in total. The molecular weight excluding hydrogens is 377 g/mol. The number of hydrogen-bond donors (Lipinski definition) is 0. The van der Waals surface area contributed by atoms with Crippen molar-refractivity contribution in [3.63, 3.8) is 0 Å². The summed E-state index contributed by atoms with van der Waals surface area (Å²) in [4.78, 5) is 0. The molecule has 0 spiro atoms. The van der Waals surface area contributed by atoms with Gasteiger partial charge in [0, 0.05) is 0 Å². The number of nitrogens with zero attached hydrogens (tertiary/aromatic N) is 3. The van der Waals surface area contributed by atoms with Crippen LogP contribution in [0.25, 0.3) is 0 Å². The quantitative estimate of drug-likeness (QED) is 0.476. The Kier molecular flexibility index (Phi) is 7.72. The first-order valence-corrected chi connectivity index (χ1v) is 17.2. The molecule has 1 aliphatic carbocycles. The molecule has 0 atom stereocenters. The summed E-state index contributed by atoms with van der Waals surface area (Å²) in [5, 5.41) is 8.93. The van der Waals surface area contributed by atoms with Gasteiger partial charge in [0.05, 0.1) is 0 Å². The van der Waals surface area contributed by atoms with Gasteiger partial charge in [-0.1, -0.05) is 0 Å². The van der Waals surface area contributed by atoms with Crippen LogP contribution in [0, 0.1) is 0 Å². The molecule has 1 aromatic rings. The summed E-state index contributed by atoms with van der Waals surface area (Å²) in [6.07, 6.45) is 14.5. The second-order valence-electron chi connectivity index (χ2n) is 7.24. The third-order valence-electron chi connectivity index (χ3n) is 5.57. The number of aromatic nitrogens is 3. The summed E-state index contributed by atoms with van der Waals surface area (Å²) >= 11 is -2.33. The van der Waals surface area contributed by atoms with Crippen molar-refractivity contribution in [1.82, 2.24) is 15.0 Å². The van der Waals surface area contributed by atoms with E-state index in [4.69, 9.17) is 0 Å². The Morgan fingerprint density at radius 1 is 1.00 bits per heavy atom. The van der Waals surface area contributed by atoms with Crippen molar-refractivity contribution in [2.24, 2.45) is 0 Å². The maximum atomic E-state index is 4.55. The van der Waals surface area contributed by atoms with Gasteiger partial charge >= 0.3 is 141 Å². The molecule has 0 unspecified atom stereocenters. The molecule has 22 heavy (non-hydrogen) atoms. The first kappa shape index (κ1) is 18.3. The standard InChI is InChI=1S/C6H8N3.3C4H9.Sn/c1-2-6(3-1)9-5-4-7-8-9;3*1-3-4-2;/h4,6H,1-3H2;3*1,3-4H2,2H3;. The van der Waals surface area contributed by atoms with Crippen LogP contribution in [0.1, 0.15) is 84.6 Å². The number of unbranched alkanes of at least 4 members (excludes halogenated alkanes) is 3. The van der Waals surface area contributed by atoms with E-state index >= 15 is 0 Å². The molecule has 2 rings (SSSR count). The second kappa shape index (κ2) is 9.29. The van der Waals surface area contributed by atoms with E-state index in [-0.39, 0.29) is 0 Å². The fourth-order valence-corrected chi connectivity index (χ4v) is 20.0. The van der Waals surface area contributed by atoms with Crippen molar-refractivity contribution >= 4 is 22.1 Å².